The zero-order valence-corrected chi connectivity index (χ0v) is 20.7. The molecular formula is C29H30N2O7. The first-order valence-electron chi connectivity index (χ1n) is 12.2. The van der Waals surface area contributed by atoms with Crippen molar-refractivity contribution in [3.05, 3.63) is 90.6 Å². The highest BCUT2D eigenvalue weighted by Crippen LogP contribution is 2.31. The minimum Gasteiger partial charge on any atom is -0.491 e. The van der Waals surface area contributed by atoms with E-state index in [9.17, 15) is 15.0 Å². The van der Waals surface area contributed by atoms with Crippen LogP contribution in [0, 0.1) is 0 Å². The smallest absolute Gasteiger partial charge is 0.341 e. The van der Waals surface area contributed by atoms with Crippen LogP contribution in [-0.4, -0.2) is 64.8 Å². The van der Waals surface area contributed by atoms with Crippen LogP contribution in [0.5, 0.6) is 23.0 Å². The lowest BCUT2D eigenvalue weighted by Gasteiger charge is -2.19. The molecule has 0 saturated carbocycles. The van der Waals surface area contributed by atoms with Gasteiger partial charge in [0.05, 0.1) is 12.1 Å². The van der Waals surface area contributed by atoms with Crippen LogP contribution in [0.1, 0.15) is 5.56 Å². The lowest BCUT2D eigenvalue weighted by atomic mass is 10.1. The highest BCUT2D eigenvalue weighted by atomic mass is 16.5. The molecule has 0 aliphatic rings. The lowest BCUT2D eigenvalue weighted by molar-refractivity contribution is -0.139. The Morgan fingerprint density at radius 2 is 1.68 bits per heavy atom. The summed E-state index contributed by atoms with van der Waals surface area (Å²) >= 11 is 0. The number of aliphatic hydroxyl groups is 2. The van der Waals surface area contributed by atoms with Gasteiger partial charge < -0.3 is 34.8 Å². The predicted molar refractivity (Wildman–Crippen MR) is 142 cm³/mol. The number of aliphatic hydroxyl groups excluding tert-OH is 2. The summed E-state index contributed by atoms with van der Waals surface area (Å²) in [4.78, 5) is 15.1. The zero-order chi connectivity index (χ0) is 26.7. The summed E-state index contributed by atoms with van der Waals surface area (Å²) in [6, 6.07) is 23.5. The van der Waals surface area contributed by atoms with Gasteiger partial charge >= 0.3 is 5.97 Å². The van der Waals surface area contributed by atoms with E-state index in [4.69, 9.17) is 19.3 Å². The summed E-state index contributed by atoms with van der Waals surface area (Å²) in [5.41, 5.74) is 1.62. The highest BCUT2D eigenvalue weighted by molar-refractivity contribution is 5.86. The van der Waals surface area contributed by atoms with Crippen molar-refractivity contribution in [1.29, 1.82) is 0 Å². The summed E-state index contributed by atoms with van der Waals surface area (Å²) in [5, 5.41) is 32.8. The van der Waals surface area contributed by atoms with Crippen molar-refractivity contribution in [1.82, 2.24) is 10.3 Å². The Bertz CT molecular complexity index is 1320. The van der Waals surface area contributed by atoms with Crippen molar-refractivity contribution in [2.24, 2.45) is 0 Å². The third-order valence-electron chi connectivity index (χ3n) is 5.72. The Hall–Kier alpha value is -4.18. The molecule has 4 aromatic rings. The second-order valence-corrected chi connectivity index (χ2v) is 8.69. The summed E-state index contributed by atoms with van der Waals surface area (Å²) in [6.45, 7) is -0.0609. The van der Waals surface area contributed by atoms with Gasteiger partial charge in [-0.2, -0.15) is 0 Å². The second kappa shape index (κ2) is 13.4. The first-order chi connectivity index (χ1) is 18.5. The van der Waals surface area contributed by atoms with Gasteiger partial charge in [0.15, 0.2) is 6.61 Å². The van der Waals surface area contributed by atoms with Crippen LogP contribution in [0.4, 0.5) is 0 Å². The van der Waals surface area contributed by atoms with Gasteiger partial charge in [0.2, 0.25) is 0 Å². The topological polar surface area (TPSA) is 130 Å². The Labute approximate surface area is 220 Å². The van der Waals surface area contributed by atoms with Gasteiger partial charge in [0.25, 0.3) is 0 Å². The van der Waals surface area contributed by atoms with E-state index in [0.717, 1.165) is 10.9 Å². The molecule has 0 amide bonds. The number of aromatic nitrogens is 1. The minimum atomic E-state index is -1.05. The van der Waals surface area contributed by atoms with Crippen LogP contribution in [0.2, 0.25) is 0 Å². The van der Waals surface area contributed by atoms with E-state index >= 15 is 0 Å². The summed E-state index contributed by atoms with van der Waals surface area (Å²) in [6.07, 6.45) is 1.47. The average molecular weight is 519 g/mol. The van der Waals surface area contributed by atoms with Crippen molar-refractivity contribution < 1.29 is 34.3 Å². The molecule has 0 bridgehead atoms. The van der Waals surface area contributed by atoms with Crippen LogP contribution in [0.3, 0.4) is 0 Å². The zero-order valence-electron chi connectivity index (χ0n) is 20.7. The van der Waals surface area contributed by atoms with Crippen molar-refractivity contribution in [2.45, 2.75) is 18.6 Å². The van der Waals surface area contributed by atoms with Crippen LogP contribution < -0.4 is 19.5 Å². The molecule has 0 fully saturated rings. The summed E-state index contributed by atoms with van der Waals surface area (Å²) in [5.74, 6) is 1.30. The maximum Gasteiger partial charge on any atom is 0.341 e. The van der Waals surface area contributed by atoms with Gasteiger partial charge in [0.1, 0.15) is 35.7 Å². The van der Waals surface area contributed by atoms with E-state index in [-0.39, 0.29) is 25.8 Å². The van der Waals surface area contributed by atoms with Crippen molar-refractivity contribution in [3.63, 3.8) is 0 Å². The minimum absolute atomic E-state index is 0.0777. The molecule has 9 nitrogen and oxygen atoms in total. The van der Waals surface area contributed by atoms with E-state index < -0.39 is 18.7 Å². The SMILES string of the molecule is O=C(O)COc1ccc2c(Oc3ccc(C[C@@H](CO)NC[C@H](O)COc4ccccc4)cc3)ccnc2c1. The standard InChI is InChI=1S/C29H30N2O7/c32-17-21(31-16-22(33)18-36-23-4-2-1-3-5-23)14-20-6-8-24(9-7-20)38-28-12-13-30-27-15-25(10-11-26(27)28)37-19-29(34)35/h1-13,15,21-22,31-33H,14,16-19H2,(H,34,35)/t21-,22-/m0/s1. The number of benzene rings is 3. The largest absolute Gasteiger partial charge is 0.491 e. The molecule has 9 heteroatoms. The van der Waals surface area contributed by atoms with E-state index in [2.05, 4.69) is 10.3 Å². The average Bonchev–Trinajstić information content (AvgIpc) is 2.94. The summed E-state index contributed by atoms with van der Waals surface area (Å²) < 4.78 is 16.9. The molecule has 0 spiro atoms. The molecule has 0 radical (unpaired) electrons. The fourth-order valence-corrected chi connectivity index (χ4v) is 3.80. The molecule has 198 valence electrons. The number of carboxylic acid groups (broad SMARTS) is 1. The van der Waals surface area contributed by atoms with Crippen molar-refractivity contribution in [2.75, 3.05) is 26.4 Å². The van der Waals surface area contributed by atoms with Gasteiger partial charge in [-0.05, 0) is 54.4 Å². The summed E-state index contributed by atoms with van der Waals surface area (Å²) in [7, 11) is 0. The maximum atomic E-state index is 10.7. The molecule has 4 N–H and O–H groups in total. The molecule has 1 aromatic heterocycles. The predicted octanol–water partition coefficient (Wildman–Crippen LogP) is 3.42. The number of ether oxygens (including phenoxy) is 3. The van der Waals surface area contributed by atoms with Crippen LogP contribution in [-0.2, 0) is 11.2 Å². The van der Waals surface area contributed by atoms with Crippen LogP contribution >= 0.6 is 0 Å². The number of nitrogens with one attached hydrogen (secondary N) is 1. The van der Waals surface area contributed by atoms with Crippen LogP contribution in [0.15, 0.2) is 85.1 Å². The van der Waals surface area contributed by atoms with Gasteiger partial charge in [-0.1, -0.05) is 30.3 Å². The first-order valence-corrected chi connectivity index (χ1v) is 12.2. The van der Waals surface area contributed by atoms with Crippen LogP contribution in [0.25, 0.3) is 10.9 Å². The third-order valence-corrected chi connectivity index (χ3v) is 5.72. The van der Waals surface area contributed by atoms with E-state index in [1.807, 2.05) is 54.6 Å². The third kappa shape index (κ3) is 7.91. The fourth-order valence-electron chi connectivity index (χ4n) is 3.80. The number of pyridine rings is 1. The van der Waals surface area contributed by atoms with E-state index in [0.29, 0.717) is 34.9 Å². The highest BCUT2D eigenvalue weighted by Gasteiger charge is 2.13. The van der Waals surface area contributed by atoms with Gasteiger partial charge in [-0.15, -0.1) is 0 Å². The maximum absolute atomic E-state index is 10.7. The molecular weight excluding hydrogens is 488 g/mol. The number of fused-ring (bicyclic) bond motifs is 1. The molecule has 0 aliphatic heterocycles. The Morgan fingerprint density at radius 3 is 2.42 bits per heavy atom. The number of hydrogen-bond donors (Lipinski definition) is 4. The molecule has 0 unspecified atom stereocenters. The number of nitrogens with zero attached hydrogens (tertiary/aromatic N) is 1. The molecule has 0 saturated heterocycles. The van der Waals surface area contributed by atoms with Gasteiger partial charge in [0, 0.05) is 30.2 Å². The Balaban J connectivity index is 1.30. The van der Waals surface area contributed by atoms with E-state index in [1.54, 1.807) is 30.5 Å². The lowest BCUT2D eigenvalue weighted by Crippen LogP contribution is -2.41. The molecule has 38 heavy (non-hydrogen) atoms. The monoisotopic (exact) mass is 518 g/mol. The quantitative estimate of drug-likeness (QED) is 0.198. The van der Waals surface area contributed by atoms with E-state index in [1.165, 1.54) is 0 Å². The molecule has 1 heterocycles. The first kappa shape index (κ1) is 26.9. The molecule has 2 atom stereocenters. The number of para-hydroxylation sites is 1. The Morgan fingerprint density at radius 1 is 0.921 bits per heavy atom. The number of aliphatic carboxylic acids is 1. The van der Waals surface area contributed by atoms with Gasteiger partial charge in [-0.25, -0.2) is 4.79 Å². The second-order valence-electron chi connectivity index (χ2n) is 8.69. The molecule has 3 aromatic carbocycles. The number of carbonyl (C=O) groups is 1. The number of hydrogen-bond acceptors (Lipinski definition) is 8. The fraction of sp³-hybridized carbons (Fsp3) is 0.241. The molecule has 4 rings (SSSR count). The molecule has 0 aliphatic carbocycles. The normalized spacial score (nSPS) is 12.6. The van der Waals surface area contributed by atoms with Crippen molar-refractivity contribution in [3.8, 4) is 23.0 Å². The van der Waals surface area contributed by atoms with Gasteiger partial charge in [-0.3, -0.25) is 4.98 Å². The number of carboxylic acids is 1. The Kier molecular flexibility index (Phi) is 9.47. The van der Waals surface area contributed by atoms with Crippen molar-refractivity contribution >= 4 is 16.9 Å². The number of rotatable bonds is 14.